The molecule has 0 aromatic heterocycles. The molecular weight excluding hydrogens is 288 g/mol. The second-order valence-electron chi connectivity index (χ2n) is 4.83. The van der Waals surface area contributed by atoms with Crippen LogP contribution < -0.4 is 0 Å². The van der Waals surface area contributed by atoms with Gasteiger partial charge in [0.15, 0.2) is 5.78 Å². The van der Waals surface area contributed by atoms with E-state index in [1.807, 2.05) is 56.3 Å². The highest BCUT2D eigenvalue weighted by molar-refractivity contribution is 6.12. The molecule has 3 nitrogen and oxygen atoms in total. The first-order valence-corrected chi connectivity index (χ1v) is 7.61. The van der Waals surface area contributed by atoms with Crippen LogP contribution in [0.25, 0.3) is 11.1 Å². The van der Waals surface area contributed by atoms with Crippen molar-refractivity contribution in [3.05, 3.63) is 71.3 Å². The van der Waals surface area contributed by atoms with Gasteiger partial charge in [-0.25, -0.2) is 4.79 Å². The van der Waals surface area contributed by atoms with Crippen LogP contribution in [0.5, 0.6) is 0 Å². The Balaban J connectivity index is 0.00000127. The fourth-order valence-electron chi connectivity index (χ4n) is 1.99. The minimum atomic E-state index is -1.07. The van der Waals surface area contributed by atoms with Crippen molar-refractivity contribution in [2.75, 3.05) is 0 Å². The van der Waals surface area contributed by atoms with Crippen LogP contribution in [-0.2, 0) is 4.79 Å². The molecule has 2 aromatic rings. The molecule has 0 unspecified atom stereocenters. The van der Waals surface area contributed by atoms with Gasteiger partial charge in [-0.2, -0.15) is 0 Å². The first-order chi connectivity index (χ1) is 11.0. The van der Waals surface area contributed by atoms with E-state index in [9.17, 15) is 9.59 Å². The van der Waals surface area contributed by atoms with Gasteiger partial charge >= 0.3 is 5.97 Å². The maximum absolute atomic E-state index is 12.2. The first-order valence-electron chi connectivity index (χ1n) is 7.61. The molecule has 0 saturated carbocycles. The van der Waals surface area contributed by atoms with E-state index >= 15 is 0 Å². The van der Waals surface area contributed by atoms with E-state index in [-0.39, 0.29) is 16.9 Å². The second-order valence-corrected chi connectivity index (χ2v) is 4.83. The third-order valence-corrected chi connectivity index (χ3v) is 3.48. The number of hydrogen-bond acceptors (Lipinski definition) is 2. The minimum absolute atomic E-state index is 0.0761. The van der Waals surface area contributed by atoms with Gasteiger partial charge < -0.3 is 5.11 Å². The minimum Gasteiger partial charge on any atom is -0.478 e. The smallest absolute Gasteiger partial charge is 0.331 e. The van der Waals surface area contributed by atoms with Crippen LogP contribution in [0.1, 0.15) is 38.1 Å². The van der Waals surface area contributed by atoms with Gasteiger partial charge in [0, 0.05) is 16.7 Å². The molecule has 0 aliphatic rings. The number of Topliss-reactive ketones (excluding diaryl/α,β-unsaturated/α-hetero) is 1. The van der Waals surface area contributed by atoms with Crippen molar-refractivity contribution < 1.29 is 14.7 Å². The number of carboxylic acid groups (broad SMARTS) is 1. The number of aliphatic carboxylic acids is 1. The zero-order valence-corrected chi connectivity index (χ0v) is 14.0. The van der Waals surface area contributed by atoms with E-state index in [1.165, 1.54) is 13.8 Å². The SMILES string of the molecule is C/C(C(=O)O)=C(/C)C(=O)c1ccc(-c2ccccc2)cc1.CC. The lowest BCUT2D eigenvalue weighted by molar-refractivity contribution is -0.132. The van der Waals surface area contributed by atoms with Gasteiger partial charge in [0.2, 0.25) is 0 Å². The van der Waals surface area contributed by atoms with Crippen LogP contribution in [0.15, 0.2) is 65.7 Å². The Bertz CT molecular complexity index is 695. The van der Waals surface area contributed by atoms with Crippen LogP contribution >= 0.6 is 0 Å². The molecule has 0 radical (unpaired) electrons. The molecule has 0 saturated heterocycles. The van der Waals surface area contributed by atoms with Gasteiger partial charge in [-0.1, -0.05) is 68.4 Å². The maximum Gasteiger partial charge on any atom is 0.331 e. The highest BCUT2D eigenvalue weighted by Gasteiger charge is 2.14. The number of carboxylic acids is 1. The molecule has 120 valence electrons. The molecule has 0 spiro atoms. The number of carbonyl (C=O) groups excluding carboxylic acids is 1. The lowest BCUT2D eigenvalue weighted by Crippen LogP contribution is -2.08. The van der Waals surface area contributed by atoms with Gasteiger partial charge in [0.25, 0.3) is 0 Å². The summed E-state index contributed by atoms with van der Waals surface area (Å²) in [4.78, 5) is 23.1. The number of ketones is 1. The predicted octanol–water partition coefficient (Wildman–Crippen LogP) is 4.98. The second kappa shape index (κ2) is 8.69. The maximum atomic E-state index is 12.2. The van der Waals surface area contributed by atoms with Gasteiger partial charge in [-0.05, 0) is 25.0 Å². The fraction of sp³-hybridized carbons (Fsp3) is 0.200. The highest BCUT2D eigenvalue weighted by atomic mass is 16.4. The molecule has 0 heterocycles. The molecule has 23 heavy (non-hydrogen) atoms. The first kappa shape index (κ1) is 18.4. The van der Waals surface area contributed by atoms with Gasteiger partial charge in [0.1, 0.15) is 0 Å². The topological polar surface area (TPSA) is 54.4 Å². The summed E-state index contributed by atoms with van der Waals surface area (Å²) in [7, 11) is 0. The fourth-order valence-corrected chi connectivity index (χ4v) is 1.99. The summed E-state index contributed by atoms with van der Waals surface area (Å²) in [6.45, 7) is 6.98. The summed E-state index contributed by atoms with van der Waals surface area (Å²) in [6.07, 6.45) is 0. The Kier molecular flexibility index (Phi) is 6.94. The Morgan fingerprint density at radius 2 is 1.22 bits per heavy atom. The van der Waals surface area contributed by atoms with Crippen molar-refractivity contribution in [3.8, 4) is 11.1 Å². The van der Waals surface area contributed by atoms with E-state index in [4.69, 9.17) is 5.11 Å². The average Bonchev–Trinajstić information content (AvgIpc) is 2.62. The summed E-state index contributed by atoms with van der Waals surface area (Å²) in [5.74, 6) is -1.32. The van der Waals surface area contributed by atoms with Gasteiger partial charge in [-0.15, -0.1) is 0 Å². The largest absolute Gasteiger partial charge is 0.478 e. The average molecular weight is 310 g/mol. The molecule has 2 aromatic carbocycles. The van der Waals surface area contributed by atoms with Crippen LogP contribution in [0.4, 0.5) is 0 Å². The molecule has 1 N–H and O–H groups in total. The number of carbonyl (C=O) groups is 2. The number of allylic oxidation sites excluding steroid dienone is 1. The monoisotopic (exact) mass is 310 g/mol. The van der Waals surface area contributed by atoms with E-state index in [1.54, 1.807) is 12.1 Å². The normalized spacial score (nSPS) is 11.0. The van der Waals surface area contributed by atoms with Crippen molar-refractivity contribution in [1.29, 1.82) is 0 Å². The van der Waals surface area contributed by atoms with Crippen molar-refractivity contribution in [1.82, 2.24) is 0 Å². The van der Waals surface area contributed by atoms with Crippen LogP contribution in [0.3, 0.4) is 0 Å². The van der Waals surface area contributed by atoms with Crippen molar-refractivity contribution in [2.24, 2.45) is 0 Å². The zero-order valence-electron chi connectivity index (χ0n) is 14.0. The quantitative estimate of drug-likeness (QED) is 0.640. The van der Waals surface area contributed by atoms with Crippen LogP contribution in [0, 0.1) is 0 Å². The van der Waals surface area contributed by atoms with Crippen LogP contribution in [0.2, 0.25) is 0 Å². The molecule has 0 bridgehead atoms. The number of hydrogen-bond donors (Lipinski definition) is 1. The van der Waals surface area contributed by atoms with E-state index in [0.717, 1.165) is 11.1 Å². The molecule has 0 aliphatic carbocycles. The number of benzene rings is 2. The lowest BCUT2D eigenvalue weighted by Gasteiger charge is -2.06. The molecule has 0 amide bonds. The van der Waals surface area contributed by atoms with Crippen molar-refractivity contribution in [2.45, 2.75) is 27.7 Å². The third kappa shape index (κ3) is 4.65. The van der Waals surface area contributed by atoms with Gasteiger partial charge in [-0.3, -0.25) is 4.79 Å². The standard InChI is InChI=1S/C18H16O3.C2H6/c1-12(13(2)18(20)21)17(19)16-10-8-15(9-11-16)14-6-4-3-5-7-14;1-2/h3-11H,1-2H3,(H,20,21);1-2H3/b13-12+;. The summed E-state index contributed by atoms with van der Waals surface area (Å²) in [5.41, 5.74) is 2.92. The summed E-state index contributed by atoms with van der Waals surface area (Å²) in [6, 6.07) is 17.0. The van der Waals surface area contributed by atoms with Crippen molar-refractivity contribution in [3.63, 3.8) is 0 Å². The molecule has 3 heteroatoms. The van der Waals surface area contributed by atoms with Crippen molar-refractivity contribution >= 4 is 11.8 Å². The zero-order chi connectivity index (χ0) is 17.4. The van der Waals surface area contributed by atoms with E-state index < -0.39 is 5.97 Å². The molecule has 0 fully saturated rings. The van der Waals surface area contributed by atoms with E-state index in [0.29, 0.717) is 5.56 Å². The van der Waals surface area contributed by atoms with Gasteiger partial charge in [0.05, 0.1) is 0 Å². The number of rotatable bonds is 4. The molecular formula is C20H22O3. The highest BCUT2D eigenvalue weighted by Crippen LogP contribution is 2.20. The van der Waals surface area contributed by atoms with E-state index in [2.05, 4.69) is 0 Å². The Labute approximate surface area is 137 Å². The third-order valence-electron chi connectivity index (χ3n) is 3.48. The Morgan fingerprint density at radius 3 is 1.70 bits per heavy atom. The molecule has 0 atom stereocenters. The summed E-state index contributed by atoms with van der Waals surface area (Å²) < 4.78 is 0. The molecule has 2 rings (SSSR count). The Morgan fingerprint density at radius 1 is 0.739 bits per heavy atom. The summed E-state index contributed by atoms with van der Waals surface area (Å²) in [5, 5.41) is 8.93. The predicted molar refractivity (Wildman–Crippen MR) is 93.6 cm³/mol. The lowest BCUT2D eigenvalue weighted by atomic mass is 9.98. The Hall–Kier alpha value is -2.68. The molecule has 0 aliphatic heterocycles. The van der Waals surface area contributed by atoms with Crippen LogP contribution in [-0.4, -0.2) is 16.9 Å². The summed E-state index contributed by atoms with van der Waals surface area (Å²) >= 11 is 0.